The predicted octanol–water partition coefficient (Wildman–Crippen LogP) is 0.665. The van der Waals surface area contributed by atoms with Gasteiger partial charge in [0.2, 0.25) is 5.88 Å². The zero-order valence-corrected chi connectivity index (χ0v) is 15.0. The molecule has 0 N–H and O–H groups in total. The number of ether oxygens (including phenoxy) is 1. The molecule has 0 spiro atoms. The van der Waals surface area contributed by atoms with Crippen LogP contribution in [0, 0.1) is 0 Å². The van der Waals surface area contributed by atoms with Gasteiger partial charge in [0.1, 0.15) is 12.1 Å². The Bertz CT molecular complexity index is 926. The molecule has 3 aromatic heterocycles. The Hall–Kier alpha value is -3.30. The summed E-state index contributed by atoms with van der Waals surface area (Å²) in [6.45, 7) is 5.16. The Balaban J connectivity index is 1.43. The first-order chi connectivity index (χ1) is 13.2. The van der Waals surface area contributed by atoms with Crippen LogP contribution >= 0.6 is 0 Å². The van der Waals surface area contributed by atoms with Gasteiger partial charge in [0, 0.05) is 32.2 Å². The number of nitrogens with zero attached hydrogens (tertiary/aromatic N) is 8. The molecule has 4 heterocycles. The number of aromatic nitrogens is 6. The van der Waals surface area contributed by atoms with Crippen molar-refractivity contribution in [2.45, 2.75) is 13.3 Å². The van der Waals surface area contributed by atoms with Gasteiger partial charge in [0.05, 0.1) is 6.61 Å². The van der Waals surface area contributed by atoms with Crippen LogP contribution in [0.1, 0.15) is 23.8 Å². The van der Waals surface area contributed by atoms with Crippen molar-refractivity contribution in [3.8, 4) is 5.88 Å². The van der Waals surface area contributed by atoms with Crippen LogP contribution in [0.4, 0.5) is 5.82 Å². The summed E-state index contributed by atoms with van der Waals surface area (Å²) in [4.78, 5) is 16.7. The maximum atomic E-state index is 12.7. The Morgan fingerprint density at radius 3 is 2.81 bits per heavy atom. The minimum Gasteiger partial charge on any atom is -0.477 e. The second-order valence-corrected chi connectivity index (χ2v) is 6.15. The first-order valence-corrected chi connectivity index (χ1v) is 8.92. The number of hydrogen-bond acceptors (Lipinski definition) is 8. The van der Waals surface area contributed by atoms with Crippen LogP contribution in [0.3, 0.4) is 0 Å². The SMILES string of the molecule is CCOc1ccc(C(=O)N2CCCN(c3ccc4nncn4n3)CC2)nn1. The smallest absolute Gasteiger partial charge is 0.274 e. The van der Waals surface area contributed by atoms with Crippen LogP contribution in [0.25, 0.3) is 5.65 Å². The lowest BCUT2D eigenvalue weighted by molar-refractivity contribution is 0.0759. The molecule has 10 heteroatoms. The van der Waals surface area contributed by atoms with Crippen LogP contribution in [-0.4, -0.2) is 73.6 Å². The van der Waals surface area contributed by atoms with E-state index in [-0.39, 0.29) is 5.91 Å². The fourth-order valence-electron chi connectivity index (χ4n) is 3.06. The molecule has 27 heavy (non-hydrogen) atoms. The topological polar surface area (TPSA) is 102 Å². The number of anilines is 1. The van der Waals surface area contributed by atoms with Gasteiger partial charge in [0.15, 0.2) is 11.3 Å². The molecule has 0 bridgehead atoms. The van der Waals surface area contributed by atoms with Crippen LogP contribution in [0.2, 0.25) is 0 Å². The Labute approximate surface area is 155 Å². The summed E-state index contributed by atoms with van der Waals surface area (Å²) >= 11 is 0. The molecular weight excluding hydrogens is 348 g/mol. The minimum atomic E-state index is -0.116. The highest BCUT2D eigenvalue weighted by Crippen LogP contribution is 2.15. The van der Waals surface area contributed by atoms with Gasteiger partial charge in [-0.25, -0.2) is 0 Å². The Kier molecular flexibility index (Phi) is 4.77. The molecule has 1 aliphatic rings. The molecule has 3 aromatic rings. The number of carbonyl (C=O) groups is 1. The molecule has 0 aliphatic carbocycles. The molecule has 4 rings (SSSR count). The van der Waals surface area contributed by atoms with E-state index in [2.05, 4.69) is 30.4 Å². The lowest BCUT2D eigenvalue weighted by atomic mass is 10.3. The van der Waals surface area contributed by atoms with E-state index in [1.165, 1.54) is 0 Å². The monoisotopic (exact) mass is 368 g/mol. The van der Waals surface area contributed by atoms with E-state index in [9.17, 15) is 4.79 Å². The maximum Gasteiger partial charge on any atom is 0.274 e. The van der Waals surface area contributed by atoms with Gasteiger partial charge in [-0.2, -0.15) is 4.52 Å². The lowest BCUT2D eigenvalue weighted by Crippen LogP contribution is -2.36. The summed E-state index contributed by atoms with van der Waals surface area (Å²) in [5.74, 6) is 1.15. The van der Waals surface area contributed by atoms with Gasteiger partial charge < -0.3 is 14.5 Å². The zero-order chi connectivity index (χ0) is 18.6. The third-order valence-corrected chi connectivity index (χ3v) is 4.41. The van der Waals surface area contributed by atoms with Crippen molar-refractivity contribution in [3.05, 3.63) is 36.3 Å². The molecule has 0 radical (unpaired) electrons. The van der Waals surface area contributed by atoms with E-state index in [4.69, 9.17) is 4.74 Å². The summed E-state index contributed by atoms with van der Waals surface area (Å²) in [6, 6.07) is 7.15. The molecule has 1 aliphatic heterocycles. The van der Waals surface area contributed by atoms with Crippen molar-refractivity contribution >= 4 is 17.4 Å². The quantitative estimate of drug-likeness (QED) is 0.662. The van der Waals surface area contributed by atoms with E-state index in [0.29, 0.717) is 43.5 Å². The van der Waals surface area contributed by atoms with Crippen molar-refractivity contribution in [1.29, 1.82) is 0 Å². The normalized spacial score (nSPS) is 15.0. The van der Waals surface area contributed by atoms with Crippen molar-refractivity contribution in [1.82, 2.24) is 34.9 Å². The number of hydrogen-bond donors (Lipinski definition) is 0. The number of rotatable bonds is 4. The molecule has 1 saturated heterocycles. The second-order valence-electron chi connectivity index (χ2n) is 6.15. The van der Waals surface area contributed by atoms with Gasteiger partial charge in [0.25, 0.3) is 5.91 Å². The molecule has 1 amide bonds. The van der Waals surface area contributed by atoms with Gasteiger partial charge in [-0.15, -0.1) is 25.5 Å². The lowest BCUT2D eigenvalue weighted by Gasteiger charge is -2.22. The average Bonchev–Trinajstić information content (AvgIpc) is 3.03. The highest BCUT2D eigenvalue weighted by Gasteiger charge is 2.22. The number of amides is 1. The summed E-state index contributed by atoms with van der Waals surface area (Å²) < 4.78 is 6.92. The number of fused-ring (bicyclic) bond motifs is 1. The summed E-state index contributed by atoms with van der Waals surface area (Å²) in [6.07, 6.45) is 2.43. The van der Waals surface area contributed by atoms with Crippen LogP contribution < -0.4 is 9.64 Å². The zero-order valence-electron chi connectivity index (χ0n) is 15.0. The molecule has 0 unspecified atom stereocenters. The molecule has 1 fully saturated rings. The molecule has 10 nitrogen and oxygen atoms in total. The molecular formula is C17H20N8O2. The van der Waals surface area contributed by atoms with Crippen LogP contribution in [0.5, 0.6) is 5.88 Å². The van der Waals surface area contributed by atoms with E-state index in [0.717, 1.165) is 18.8 Å². The van der Waals surface area contributed by atoms with Crippen molar-refractivity contribution in [3.63, 3.8) is 0 Å². The molecule has 0 saturated carbocycles. The second kappa shape index (κ2) is 7.52. The van der Waals surface area contributed by atoms with Gasteiger partial charge in [-0.05, 0) is 31.5 Å². The molecule has 140 valence electrons. The van der Waals surface area contributed by atoms with Crippen molar-refractivity contribution in [2.24, 2.45) is 0 Å². The molecule has 0 aromatic carbocycles. The van der Waals surface area contributed by atoms with E-state index in [1.54, 1.807) is 23.0 Å². The standard InChI is InChI=1S/C17H20N8O2/c1-2-27-16-7-4-13(19-21-16)17(26)24-9-3-8-23(10-11-24)15-6-5-14-20-18-12-25(14)22-15/h4-7,12H,2-3,8-11H2,1H3. The Morgan fingerprint density at radius 1 is 1.07 bits per heavy atom. The number of carbonyl (C=O) groups excluding carboxylic acids is 1. The molecule has 0 atom stereocenters. The minimum absolute atomic E-state index is 0.116. The highest BCUT2D eigenvalue weighted by molar-refractivity contribution is 5.92. The fraction of sp³-hybridized carbons (Fsp3) is 0.412. The summed E-state index contributed by atoms with van der Waals surface area (Å²) in [5, 5.41) is 20.3. The van der Waals surface area contributed by atoms with E-state index >= 15 is 0 Å². The van der Waals surface area contributed by atoms with Crippen molar-refractivity contribution in [2.75, 3.05) is 37.7 Å². The van der Waals surface area contributed by atoms with Gasteiger partial charge >= 0.3 is 0 Å². The van der Waals surface area contributed by atoms with Crippen LogP contribution in [-0.2, 0) is 0 Å². The highest BCUT2D eigenvalue weighted by atomic mass is 16.5. The summed E-state index contributed by atoms with van der Waals surface area (Å²) in [7, 11) is 0. The van der Waals surface area contributed by atoms with Gasteiger partial charge in [-0.1, -0.05) is 0 Å². The largest absolute Gasteiger partial charge is 0.477 e. The first kappa shape index (κ1) is 17.1. The van der Waals surface area contributed by atoms with E-state index < -0.39 is 0 Å². The first-order valence-electron chi connectivity index (χ1n) is 8.92. The van der Waals surface area contributed by atoms with Crippen molar-refractivity contribution < 1.29 is 9.53 Å². The predicted molar refractivity (Wildman–Crippen MR) is 96.7 cm³/mol. The maximum absolute atomic E-state index is 12.7. The van der Waals surface area contributed by atoms with E-state index in [1.807, 2.05) is 24.0 Å². The third kappa shape index (κ3) is 3.64. The summed E-state index contributed by atoms with van der Waals surface area (Å²) in [5.41, 5.74) is 1.04. The van der Waals surface area contributed by atoms with Gasteiger partial charge in [-0.3, -0.25) is 4.79 Å². The Morgan fingerprint density at radius 2 is 2.00 bits per heavy atom. The van der Waals surface area contributed by atoms with Crippen LogP contribution in [0.15, 0.2) is 30.6 Å². The average molecular weight is 368 g/mol. The fourth-order valence-corrected chi connectivity index (χ4v) is 3.06. The third-order valence-electron chi connectivity index (χ3n) is 4.41.